The second kappa shape index (κ2) is 4.86. The van der Waals surface area contributed by atoms with Gasteiger partial charge in [0.15, 0.2) is 0 Å². The normalized spacial score (nSPS) is 11.9. The van der Waals surface area contributed by atoms with Gasteiger partial charge in [-0.2, -0.15) is 0 Å². The first-order valence-corrected chi connectivity index (χ1v) is 3.33. The van der Waals surface area contributed by atoms with Gasteiger partial charge in [0, 0.05) is 0 Å². The molecule has 0 amide bonds. The van der Waals surface area contributed by atoms with Gasteiger partial charge in [0.2, 0.25) is 0 Å². The lowest BCUT2D eigenvalue weighted by Crippen LogP contribution is -1.72. The van der Waals surface area contributed by atoms with Gasteiger partial charge in [-0.05, 0) is 12.5 Å². The quantitative estimate of drug-likeness (QED) is 0.405. The van der Waals surface area contributed by atoms with Crippen LogP contribution in [0.4, 0.5) is 0 Å². The summed E-state index contributed by atoms with van der Waals surface area (Å²) in [5, 5.41) is 0. The van der Waals surface area contributed by atoms with E-state index in [0.29, 0.717) is 0 Å². The second-order valence-corrected chi connectivity index (χ2v) is 2.15. The summed E-state index contributed by atoms with van der Waals surface area (Å²) in [5.74, 6) is 0. The van der Waals surface area contributed by atoms with Crippen LogP contribution in [0.5, 0.6) is 0 Å². The Morgan fingerprint density at radius 2 is 2.00 bits per heavy atom. The van der Waals surface area contributed by atoms with Crippen LogP contribution in [-0.2, 0) is 0 Å². The summed E-state index contributed by atoms with van der Waals surface area (Å²) in [6, 6.07) is 0. The molecule has 0 aliphatic carbocycles. The lowest BCUT2D eigenvalue weighted by Gasteiger charge is -1.88. The molecule has 10 heavy (non-hydrogen) atoms. The summed E-state index contributed by atoms with van der Waals surface area (Å²) in [6.07, 6.45) is 7.75. The van der Waals surface area contributed by atoms with Crippen LogP contribution in [0.2, 0.25) is 0 Å². The molecule has 0 N–H and O–H groups in total. The Kier molecular flexibility index (Phi) is 4.39. The maximum Gasteiger partial charge on any atom is 0.138 e. The monoisotopic (exact) mass is 132 g/mol. The van der Waals surface area contributed by atoms with Crippen LogP contribution in [0, 0.1) is 0 Å². The van der Waals surface area contributed by atoms with E-state index in [9.17, 15) is 0 Å². The molecule has 0 aromatic rings. The summed E-state index contributed by atoms with van der Waals surface area (Å²) in [5.41, 5.74) is 2.18. The minimum absolute atomic E-state index is 0.946. The molecule has 52 valence electrons. The molecule has 0 aliphatic heterocycles. The summed E-state index contributed by atoms with van der Waals surface area (Å²) < 4.78 is 0. The van der Waals surface area contributed by atoms with Gasteiger partial charge in [-0.3, -0.25) is 0 Å². The van der Waals surface area contributed by atoms with Crippen LogP contribution in [-0.4, -0.2) is 7.85 Å². The van der Waals surface area contributed by atoms with Crippen molar-refractivity contribution in [2.24, 2.45) is 0 Å². The average Bonchev–Trinajstić information content (AvgIpc) is 1.99. The molecule has 0 fully saturated rings. The zero-order valence-corrected chi connectivity index (χ0v) is 6.72. The minimum Gasteiger partial charge on any atom is -0.0985 e. The van der Waals surface area contributed by atoms with Gasteiger partial charge in [-0.15, -0.1) is 0 Å². The van der Waals surface area contributed by atoms with E-state index < -0.39 is 0 Å². The summed E-state index contributed by atoms with van der Waals surface area (Å²) in [6.45, 7) is 9.35. The molecule has 0 radical (unpaired) electrons. The van der Waals surface area contributed by atoms with Crippen molar-refractivity contribution in [3.05, 3.63) is 48.5 Å². The van der Waals surface area contributed by atoms with Crippen molar-refractivity contribution >= 4 is 7.85 Å². The molecule has 0 aromatic heterocycles. The van der Waals surface area contributed by atoms with Crippen molar-refractivity contribution in [3.63, 3.8) is 0 Å². The molecule has 0 heterocycles. The molecule has 0 atom stereocenters. The minimum atomic E-state index is 0.946. The van der Waals surface area contributed by atoms with Gasteiger partial charge in [0.1, 0.15) is 7.85 Å². The first kappa shape index (κ1) is 9.02. The number of allylic oxidation sites excluding steroid dienone is 6. The molecule has 0 saturated heterocycles. The third-order valence-corrected chi connectivity index (χ3v) is 1.28. The molecule has 0 saturated carbocycles. The molecule has 1 heteroatoms. The van der Waals surface area contributed by atoms with Gasteiger partial charge >= 0.3 is 0 Å². The molecular formula is C9H13B. The van der Waals surface area contributed by atoms with Crippen molar-refractivity contribution in [2.45, 2.75) is 6.92 Å². The third-order valence-electron chi connectivity index (χ3n) is 1.28. The van der Waals surface area contributed by atoms with E-state index in [4.69, 9.17) is 0 Å². The molecular weight excluding hydrogens is 119 g/mol. The lowest BCUT2D eigenvalue weighted by molar-refractivity contribution is 1.67. The van der Waals surface area contributed by atoms with E-state index in [-0.39, 0.29) is 0 Å². The topological polar surface area (TPSA) is 0 Å². The fraction of sp³-hybridized carbons (Fsp3) is 0.111. The zero-order chi connectivity index (χ0) is 7.98. The summed E-state index contributed by atoms with van der Waals surface area (Å²) >= 11 is 0. The van der Waals surface area contributed by atoms with Crippen LogP contribution in [0.15, 0.2) is 48.5 Å². The standard InChI is InChI=1S/C9H13B/c1-4-8(3)6-7-9(10)5-2/h4-7H,1,3,10H2,2H3/b7-6-,9-5+. The van der Waals surface area contributed by atoms with Crippen LogP contribution in [0.3, 0.4) is 0 Å². The van der Waals surface area contributed by atoms with Gasteiger partial charge in [0.25, 0.3) is 0 Å². The highest BCUT2D eigenvalue weighted by Crippen LogP contribution is 1.96. The van der Waals surface area contributed by atoms with Gasteiger partial charge in [-0.25, -0.2) is 0 Å². The Balaban J connectivity index is 4.00. The first-order valence-electron chi connectivity index (χ1n) is 3.33. The smallest absolute Gasteiger partial charge is 0.0985 e. The highest BCUT2D eigenvalue weighted by Gasteiger charge is 1.78. The van der Waals surface area contributed by atoms with Crippen LogP contribution < -0.4 is 0 Å². The largest absolute Gasteiger partial charge is 0.138 e. The maximum atomic E-state index is 3.75. The van der Waals surface area contributed by atoms with Crippen LogP contribution in [0.25, 0.3) is 0 Å². The predicted molar refractivity (Wildman–Crippen MR) is 50.8 cm³/mol. The Morgan fingerprint density at radius 1 is 1.40 bits per heavy atom. The summed E-state index contributed by atoms with van der Waals surface area (Å²) in [7, 11) is 2.05. The van der Waals surface area contributed by atoms with Gasteiger partial charge in [0.05, 0.1) is 0 Å². The Labute approximate surface area is 64.1 Å². The first-order chi connectivity index (χ1) is 4.70. The van der Waals surface area contributed by atoms with E-state index in [1.165, 1.54) is 5.47 Å². The molecule has 0 bridgehead atoms. The summed E-state index contributed by atoms with van der Waals surface area (Å²) in [4.78, 5) is 0. The Morgan fingerprint density at radius 3 is 2.40 bits per heavy atom. The molecule has 0 nitrogen and oxygen atoms in total. The highest BCUT2D eigenvalue weighted by molar-refractivity contribution is 6.23. The SMILES string of the molecule is BC(/C=C\C(=C)C=C)=C/C. The third kappa shape index (κ3) is 3.96. The van der Waals surface area contributed by atoms with E-state index in [2.05, 4.69) is 13.2 Å². The fourth-order valence-corrected chi connectivity index (χ4v) is 0.403. The average molecular weight is 132 g/mol. The van der Waals surface area contributed by atoms with Crippen molar-refractivity contribution in [2.75, 3.05) is 0 Å². The number of hydrogen-bond acceptors (Lipinski definition) is 0. The fourth-order valence-electron chi connectivity index (χ4n) is 0.403. The van der Waals surface area contributed by atoms with Crippen molar-refractivity contribution in [1.29, 1.82) is 0 Å². The Bertz CT molecular complexity index is 181. The van der Waals surface area contributed by atoms with E-state index in [1.54, 1.807) is 6.08 Å². The van der Waals surface area contributed by atoms with Gasteiger partial charge in [-0.1, -0.05) is 42.9 Å². The second-order valence-electron chi connectivity index (χ2n) is 2.15. The number of hydrogen-bond donors (Lipinski definition) is 0. The lowest BCUT2D eigenvalue weighted by atomic mass is 9.95. The molecule has 0 aromatic carbocycles. The maximum absolute atomic E-state index is 3.75. The van der Waals surface area contributed by atoms with Crippen molar-refractivity contribution < 1.29 is 0 Å². The molecule has 0 spiro atoms. The van der Waals surface area contributed by atoms with Crippen LogP contribution >= 0.6 is 0 Å². The molecule has 0 unspecified atom stereocenters. The highest BCUT2D eigenvalue weighted by atomic mass is 13.8. The van der Waals surface area contributed by atoms with E-state index in [1.807, 2.05) is 33.0 Å². The number of rotatable bonds is 3. The van der Waals surface area contributed by atoms with E-state index in [0.717, 1.165) is 5.57 Å². The zero-order valence-electron chi connectivity index (χ0n) is 6.72. The van der Waals surface area contributed by atoms with Crippen molar-refractivity contribution in [3.8, 4) is 0 Å². The van der Waals surface area contributed by atoms with Crippen LogP contribution in [0.1, 0.15) is 6.92 Å². The van der Waals surface area contributed by atoms with Gasteiger partial charge < -0.3 is 0 Å². The van der Waals surface area contributed by atoms with Crippen molar-refractivity contribution in [1.82, 2.24) is 0 Å². The predicted octanol–water partition coefficient (Wildman–Crippen LogP) is 1.82. The Hall–Kier alpha value is -0.975. The molecule has 0 rings (SSSR count). The molecule has 0 aliphatic rings. The van der Waals surface area contributed by atoms with E-state index >= 15 is 0 Å².